The molecule has 2 heterocycles. The highest BCUT2D eigenvalue weighted by molar-refractivity contribution is 5.97. The van der Waals surface area contributed by atoms with E-state index in [2.05, 4.69) is 10.6 Å². The minimum Gasteiger partial charge on any atom is -0.486 e. The zero-order chi connectivity index (χ0) is 22.6. The minimum atomic E-state index is -0.759. The largest absolute Gasteiger partial charge is 0.486 e. The SMILES string of the molecule is O=C(NC[C@@H]1COc2ccccc2O1)c1ccc(NC(=O)[C@H]2COc3ccccc3O2)cc1. The predicted octanol–water partition coefficient (Wildman–Crippen LogP) is 3.03. The first-order valence-corrected chi connectivity index (χ1v) is 10.6. The van der Waals surface area contributed by atoms with Crippen molar-refractivity contribution in [2.75, 3.05) is 25.1 Å². The second-order valence-electron chi connectivity index (χ2n) is 7.64. The van der Waals surface area contributed by atoms with E-state index < -0.39 is 6.10 Å². The molecule has 0 saturated heterocycles. The molecule has 0 fully saturated rings. The van der Waals surface area contributed by atoms with Crippen LogP contribution in [0.25, 0.3) is 0 Å². The molecular weight excluding hydrogens is 424 g/mol. The first-order chi connectivity index (χ1) is 16.2. The lowest BCUT2D eigenvalue weighted by atomic mass is 10.2. The highest BCUT2D eigenvalue weighted by atomic mass is 16.6. The molecule has 2 aliphatic rings. The lowest BCUT2D eigenvalue weighted by Crippen LogP contribution is -2.40. The van der Waals surface area contributed by atoms with Gasteiger partial charge in [0.2, 0.25) is 6.10 Å². The highest BCUT2D eigenvalue weighted by Crippen LogP contribution is 2.32. The van der Waals surface area contributed by atoms with E-state index in [4.69, 9.17) is 18.9 Å². The van der Waals surface area contributed by atoms with Gasteiger partial charge in [-0.15, -0.1) is 0 Å². The van der Waals surface area contributed by atoms with Crippen molar-refractivity contribution in [3.05, 3.63) is 78.4 Å². The highest BCUT2D eigenvalue weighted by Gasteiger charge is 2.27. The monoisotopic (exact) mass is 446 g/mol. The lowest BCUT2D eigenvalue weighted by molar-refractivity contribution is -0.125. The van der Waals surface area contributed by atoms with E-state index in [0.717, 1.165) is 0 Å². The van der Waals surface area contributed by atoms with Crippen LogP contribution in [-0.4, -0.2) is 43.8 Å². The molecule has 0 aliphatic carbocycles. The van der Waals surface area contributed by atoms with Gasteiger partial charge in [-0.1, -0.05) is 24.3 Å². The maximum Gasteiger partial charge on any atom is 0.269 e. The van der Waals surface area contributed by atoms with Crippen molar-refractivity contribution in [2.45, 2.75) is 12.2 Å². The third-order valence-corrected chi connectivity index (χ3v) is 5.27. The van der Waals surface area contributed by atoms with E-state index >= 15 is 0 Å². The number of rotatable bonds is 5. The Balaban J connectivity index is 1.12. The van der Waals surface area contributed by atoms with Gasteiger partial charge in [0.25, 0.3) is 11.8 Å². The van der Waals surface area contributed by atoms with Crippen LogP contribution < -0.4 is 29.6 Å². The Morgan fingerprint density at radius 1 is 0.758 bits per heavy atom. The van der Waals surface area contributed by atoms with E-state index in [-0.39, 0.29) is 24.5 Å². The van der Waals surface area contributed by atoms with Gasteiger partial charge in [0.1, 0.15) is 19.3 Å². The topological polar surface area (TPSA) is 95.1 Å². The molecule has 0 aromatic heterocycles. The number of benzene rings is 3. The van der Waals surface area contributed by atoms with Crippen LogP contribution in [0.1, 0.15) is 10.4 Å². The quantitative estimate of drug-likeness (QED) is 0.626. The van der Waals surface area contributed by atoms with E-state index in [1.807, 2.05) is 36.4 Å². The van der Waals surface area contributed by atoms with Gasteiger partial charge in [0.15, 0.2) is 23.0 Å². The van der Waals surface area contributed by atoms with Crippen LogP contribution in [0.15, 0.2) is 72.8 Å². The summed E-state index contributed by atoms with van der Waals surface area (Å²) in [4.78, 5) is 25.0. The fourth-order valence-electron chi connectivity index (χ4n) is 3.55. The molecule has 8 nitrogen and oxygen atoms in total. The second kappa shape index (κ2) is 9.12. The molecule has 168 valence electrons. The number of carbonyl (C=O) groups excluding carboxylic acids is 2. The number of ether oxygens (including phenoxy) is 4. The summed E-state index contributed by atoms with van der Waals surface area (Å²) in [6.45, 7) is 0.798. The van der Waals surface area contributed by atoms with Crippen molar-refractivity contribution in [1.29, 1.82) is 0 Å². The van der Waals surface area contributed by atoms with Crippen molar-refractivity contribution in [3.8, 4) is 23.0 Å². The number of anilines is 1. The fraction of sp³-hybridized carbons (Fsp3) is 0.200. The normalized spacial score (nSPS) is 18.2. The summed E-state index contributed by atoms with van der Waals surface area (Å²) in [6, 6.07) is 21.3. The second-order valence-corrected chi connectivity index (χ2v) is 7.64. The van der Waals surface area contributed by atoms with Crippen molar-refractivity contribution in [2.24, 2.45) is 0 Å². The molecule has 3 aromatic rings. The molecule has 0 saturated carbocycles. The van der Waals surface area contributed by atoms with Crippen molar-refractivity contribution >= 4 is 17.5 Å². The molecule has 8 heteroatoms. The van der Waals surface area contributed by atoms with Crippen LogP contribution in [0.5, 0.6) is 23.0 Å². The Labute approximate surface area is 190 Å². The minimum absolute atomic E-state index is 0.126. The Bertz CT molecular complexity index is 1160. The van der Waals surface area contributed by atoms with Crippen molar-refractivity contribution in [1.82, 2.24) is 5.32 Å². The average Bonchev–Trinajstić information content (AvgIpc) is 2.87. The van der Waals surface area contributed by atoms with Gasteiger partial charge in [-0.2, -0.15) is 0 Å². The predicted molar refractivity (Wildman–Crippen MR) is 120 cm³/mol. The third kappa shape index (κ3) is 4.69. The van der Waals surface area contributed by atoms with E-state index in [0.29, 0.717) is 47.4 Å². The first-order valence-electron chi connectivity index (χ1n) is 10.6. The Kier molecular flexibility index (Phi) is 5.72. The van der Waals surface area contributed by atoms with Gasteiger partial charge in [-0.3, -0.25) is 9.59 Å². The maximum atomic E-state index is 12.5. The van der Waals surface area contributed by atoms with E-state index in [1.165, 1.54) is 0 Å². The summed E-state index contributed by atoms with van der Waals surface area (Å²) >= 11 is 0. The number of carbonyl (C=O) groups is 2. The number of para-hydroxylation sites is 4. The van der Waals surface area contributed by atoms with Crippen molar-refractivity contribution in [3.63, 3.8) is 0 Å². The van der Waals surface area contributed by atoms with Crippen LogP contribution in [0.3, 0.4) is 0 Å². The summed E-state index contributed by atoms with van der Waals surface area (Å²) in [5.41, 5.74) is 1.02. The van der Waals surface area contributed by atoms with E-state index in [9.17, 15) is 9.59 Å². The third-order valence-electron chi connectivity index (χ3n) is 5.27. The van der Waals surface area contributed by atoms with Gasteiger partial charge in [-0.25, -0.2) is 0 Å². The number of hydrogen-bond acceptors (Lipinski definition) is 6. The maximum absolute atomic E-state index is 12.5. The van der Waals surface area contributed by atoms with Gasteiger partial charge < -0.3 is 29.6 Å². The van der Waals surface area contributed by atoms with Crippen LogP contribution >= 0.6 is 0 Å². The van der Waals surface area contributed by atoms with Crippen molar-refractivity contribution < 1.29 is 28.5 Å². The summed E-state index contributed by atoms with van der Waals surface area (Å²) in [5.74, 6) is 1.96. The van der Waals surface area contributed by atoms with Crippen LogP contribution in [-0.2, 0) is 4.79 Å². The van der Waals surface area contributed by atoms with Crippen LogP contribution in [0, 0.1) is 0 Å². The zero-order valence-electron chi connectivity index (χ0n) is 17.7. The number of nitrogens with one attached hydrogen (secondary N) is 2. The van der Waals surface area contributed by atoms with E-state index in [1.54, 1.807) is 36.4 Å². The smallest absolute Gasteiger partial charge is 0.269 e. The molecule has 3 aromatic carbocycles. The molecule has 2 atom stereocenters. The summed E-state index contributed by atoms with van der Waals surface area (Å²) in [7, 11) is 0. The summed E-state index contributed by atoms with van der Waals surface area (Å²) in [5, 5.41) is 5.64. The average molecular weight is 446 g/mol. The number of hydrogen-bond donors (Lipinski definition) is 2. The Morgan fingerprint density at radius 3 is 2.06 bits per heavy atom. The molecule has 0 unspecified atom stereocenters. The fourth-order valence-corrected chi connectivity index (χ4v) is 3.55. The molecule has 2 amide bonds. The molecule has 0 bridgehead atoms. The van der Waals surface area contributed by atoms with Gasteiger partial charge in [0.05, 0.1) is 6.54 Å². The molecular formula is C25H22N2O6. The van der Waals surface area contributed by atoms with Gasteiger partial charge in [-0.05, 0) is 48.5 Å². The molecule has 2 aliphatic heterocycles. The first kappa shape index (κ1) is 20.7. The molecule has 2 N–H and O–H groups in total. The molecule has 5 rings (SSSR count). The lowest BCUT2D eigenvalue weighted by Gasteiger charge is -2.26. The number of amides is 2. The molecule has 0 radical (unpaired) electrons. The summed E-state index contributed by atoms with van der Waals surface area (Å²) in [6.07, 6.45) is -1.03. The molecule has 33 heavy (non-hydrogen) atoms. The van der Waals surface area contributed by atoms with Crippen LogP contribution in [0.2, 0.25) is 0 Å². The standard InChI is InChI=1S/C25H22N2O6/c28-24(26-13-18-14-30-19-5-1-3-7-21(19)32-18)16-9-11-17(12-10-16)27-25(29)23-15-31-20-6-2-4-8-22(20)33-23/h1-12,18,23H,13-15H2,(H,26,28)(H,27,29)/t18-,23-/m1/s1. The number of fused-ring (bicyclic) bond motifs is 2. The Morgan fingerprint density at radius 2 is 1.36 bits per heavy atom. The van der Waals surface area contributed by atoms with Crippen LogP contribution in [0.4, 0.5) is 5.69 Å². The van der Waals surface area contributed by atoms with Gasteiger partial charge in [0, 0.05) is 11.3 Å². The Hall–Kier alpha value is -4.20. The molecule has 0 spiro atoms. The van der Waals surface area contributed by atoms with Gasteiger partial charge >= 0.3 is 0 Å². The zero-order valence-corrected chi connectivity index (χ0v) is 17.7. The summed E-state index contributed by atoms with van der Waals surface area (Å²) < 4.78 is 22.8.